The summed E-state index contributed by atoms with van der Waals surface area (Å²) in [5, 5.41) is 2.93. The van der Waals surface area contributed by atoms with Crippen LogP contribution in [0.1, 0.15) is 13.8 Å². The molecule has 0 heterocycles. The van der Waals surface area contributed by atoms with Crippen molar-refractivity contribution < 1.29 is 17.9 Å². The number of thioether (sulfide) groups is 1. The van der Waals surface area contributed by atoms with E-state index in [0.29, 0.717) is 18.0 Å². The van der Waals surface area contributed by atoms with Crippen LogP contribution < -0.4 is 14.8 Å². The minimum absolute atomic E-state index is 0.0416. The van der Waals surface area contributed by atoms with Gasteiger partial charge in [0, 0.05) is 4.90 Å². The van der Waals surface area contributed by atoms with Gasteiger partial charge in [-0.25, -0.2) is 8.42 Å². The maximum absolute atomic E-state index is 12.5. The van der Waals surface area contributed by atoms with Crippen molar-refractivity contribution in [3.8, 4) is 5.75 Å². The molecule has 0 aliphatic carbocycles. The van der Waals surface area contributed by atoms with Crippen molar-refractivity contribution >= 4 is 45.0 Å². The number of benzene rings is 2. The van der Waals surface area contributed by atoms with Gasteiger partial charge in [0.2, 0.25) is 15.9 Å². The summed E-state index contributed by atoms with van der Waals surface area (Å²) in [5.41, 5.74) is 0.630. The van der Waals surface area contributed by atoms with E-state index in [0.717, 1.165) is 4.90 Å². The molecule has 0 spiro atoms. The summed E-state index contributed by atoms with van der Waals surface area (Å²) in [7, 11) is -3.92. The third-order valence-corrected chi connectivity index (χ3v) is 6.23. The van der Waals surface area contributed by atoms with Crippen LogP contribution in [0.2, 0.25) is 5.02 Å². The van der Waals surface area contributed by atoms with Crippen LogP contribution in [0, 0.1) is 0 Å². The molecule has 0 saturated carbocycles. The van der Waals surface area contributed by atoms with E-state index in [-0.39, 0.29) is 9.92 Å². The number of carbonyl (C=O) groups is 1. The van der Waals surface area contributed by atoms with Crippen LogP contribution in [0.3, 0.4) is 0 Å². The second kappa shape index (κ2) is 9.45. The molecule has 0 radical (unpaired) electrons. The summed E-state index contributed by atoms with van der Waals surface area (Å²) >= 11 is 7.54. The van der Waals surface area contributed by atoms with Crippen molar-refractivity contribution in [2.24, 2.45) is 0 Å². The summed E-state index contributed by atoms with van der Waals surface area (Å²) in [6.07, 6.45) is 1.90. The van der Waals surface area contributed by atoms with Crippen molar-refractivity contribution in [1.29, 1.82) is 0 Å². The second-order valence-electron chi connectivity index (χ2n) is 5.56. The summed E-state index contributed by atoms with van der Waals surface area (Å²) in [5.74, 6) is -0.0605. The lowest BCUT2D eigenvalue weighted by atomic mass is 10.3. The molecular weight excluding hydrogens is 408 g/mol. The molecule has 2 aromatic rings. The molecule has 2 rings (SSSR count). The number of hydrogen-bond donors (Lipinski definition) is 2. The van der Waals surface area contributed by atoms with Crippen molar-refractivity contribution in [3.63, 3.8) is 0 Å². The van der Waals surface area contributed by atoms with Gasteiger partial charge in [0.05, 0.1) is 28.3 Å². The van der Waals surface area contributed by atoms with E-state index in [1.165, 1.54) is 36.9 Å². The Morgan fingerprint density at radius 2 is 1.96 bits per heavy atom. The quantitative estimate of drug-likeness (QED) is 0.625. The molecule has 0 aliphatic rings. The largest absolute Gasteiger partial charge is 0.492 e. The molecule has 6 nitrogen and oxygen atoms in total. The first kappa shape index (κ1) is 21.6. The van der Waals surface area contributed by atoms with Gasteiger partial charge in [-0.2, -0.15) is 4.72 Å². The third-order valence-electron chi connectivity index (χ3n) is 3.60. The molecule has 0 unspecified atom stereocenters. The van der Waals surface area contributed by atoms with Gasteiger partial charge >= 0.3 is 0 Å². The van der Waals surface area contributed by atoms with Crippen molar-refractivity contribution in [2.45, 2.75) is 29.7 Å². The zero-order chi connectivity index (χ0) is 20.0. The van der Waals surface area contributed by atoms with Crippen LogP contribution >= 0.6 is 23.4 Å². The van der Waals surface area contributed by atoms with Gasteiger partial charge < -0.3 is 10.1 Å². The minimum Gasteiger partial charge on any atom is -0.492 e. The van der Waals surface area contributed by atoms with Gasteiger partial charge in [0.1, 0.15) is 5.75 Å². The van der Waals surface area contributed by atoms with E-state index in [4.69, 9.17) is 16.3 Å². The highest BCUT2D eigenvalue weighted by Crippen LogP contribution is 2.28. The molecule has 0 fully saturated rings. The molecule has 2 N–H and O–H groups in total. The van der Waals surface area contributed by atoms with Gasteiger partial charge in [-0.3, -0.25) is 4.79 Å². The summed E-state index contributed by atoms with van der Waals surface area (Å²) < 4.78 is 32.8. The number of amides is 1. The first-order valence-electron chi connectivity index (χ1n) is 8.17. The highest BCUT2D eigenvalue weighted by molar-refractivity contribution is 7.98. The van der Waals surface area contributed by atoms with Gasteiger partial charge in [-0.05, 0) is 50.4 Å². The normalized spacial score (nSPS) is 12.4. The monoisotopic (exact) mass is 428 g/mol. The molecule has 1 atom stereocenters. The Labute approximate surface area is 168 Å². The molecule has 2 aromatic carbocycles. The second-order valence-corrected chi connectivity index (χ2v) is 8.53. The van der Waals surface area contributed by atoms with Crippen molar-refractivity contribution in [2.75, 3.05) is 18.2 Å². The lowest BCUT2D eigenvalue weighted by molar-refractivity contribution is -0.117. The van der Waals surface area contributed by atoms with Crippen LogP contribution in [-0.4, -0.2) is 33.2 Å². The van der Waals surface area contributed by atoms with Crippen LogP contribution in [0.15, 0.2) is 52.3 Å². The fraction of sp³-hybridized carbons (Fsp3) is 0.278. The predicted molar refractivity (Wildman–Crippen MR) is 109 cm³/mol. The number of hydrogen-bond acceptors (Lipinski definition) is 5. The average molecular weight is 429 g/mol. The van der Waals surface area contributed by atoms with E-state index in [1.807, 2.05) is 18.4 Å². The van der Waals surface area contributed by atoms with Gasteiger partial charge in [-0.15, -0.1) is 11.8 Å². The summed E-state index contributed by atoms with van der Waals surface area (Å²) in [6, 6.07) is 10.5. The number of nitrogens with one attached hydrogen (secondary N) is 2. The van der Waals surface area contributed by atoms with Crippen molar-refractivity contribution in [1.82, 2.24) is 4.72 Å². The highest BCUT2D eigenvalue weighted by Gasteiger charge is 2.23. The minimum atomic E-state index is -3.92. The number of sulfonamides is 1. The fourth-order valence-corrected chi connectivity index (χ4v) is 4.35. The van der Waals surface area contributed by atoms with Crippen LogP contribution in [0.4, 0.5) is 5.69 Å². The predicted octanol–water partition coefficient (Wildman–Crippen LogP) is 3.77. The Bertz CT molecular complexity index is 919. The standard InChI is InChI=1S/C18H21ClN2O4S2/c1-4-25-16-10-9-13(11-14(16)19)27(23,24)21-12(2)18(22)20-15-7-5-6-8-17(15)26-3/h5-12,21H,4H2,1-3H3,(H,20,22)/t12-/m1/s1. The van der Waals surface area contributed by atoms with E-state index in [2.05, 4.69) is 10.0 Å². The Morgan fingerprint density at radius 3 is 2.59 bits per heavy atom. The molecule has 0 saturated heterocycles. The SMILES string of the molecule is CCOc1ccc(S(=O)(=O)N[C@H](C)C(=O)Nc2ccccc2SC)cc1Cl. The Kier molecular flexibility index (Phi) is 7.55. The van der Waals surface area contributed by atoms with Crippen LogP contribution in [0.25, 0.3) is 0 Å². The van der Waals surface area contributed by atoms with Crippen LogP contribution in [0.5, 0.6) is 5.75 Å². The van der Waals surface area contributed by atoms with E-state index in [1.54, 1.807) is 19.1 Å². The summed E-state index contributed by atoms with van der Waals surface area (Å²) in [6.45, 7) is 3.70. The molecule has 0 aliphatic heterocycles. The Morgan fingerprint density at radius 1 is 1.26 bits per heavy atom. The third kappa shape index (κ3) is 5.62. The fourth-order valence-electron chi connectivity index (χ4n) is 2.26. The van der Waals surface area contributed by atoms with E-state index < -0.39 is 22.0 Å². The Hall–Kier alpha value is -1.74. The van der Waals surface area contributed by atoms with E-state index >= 15 is 0 Å². The van der Waals surface area contributed by atoms with E-state index in [9.17, 15) is 13.2 Å². The molecule has 0 bridgehead atoms. The number of ether oxygens (including phenoxy) is 1. The molecule has 146 valence electrons. The maximum Gasteiger partial charge on any atom is 0.242 e. The van der Waals surface area contributed by atoms with Gasteiger partial charge in [0.25, 0.3) is 0 Å². The lowest BCUT2D eigenvalue weighted by Crippen LogP contribution is -2.41. The maximum atomic E-state index is 12.5. The molecule has 9 heteroatoms. The van der Waals surface area contributed by atoms with Gasteiger partial charge in [0.15, 0.2) is 0 Å². The number of para-hydroxylation sites is 1. The molecule has 0 aromatic heterocycles. The highest BCUT2D eigenvalue weighted by atomic mass is 35.5. The summed E-state index contributed by atoms with van der Waals surface area (Å²) in [4.78, 5) is 13.2. The molecule has 1 amide bonds. The number of halogens is 1. The zero-order valence-corrected chi connectivity index (χ0v) is 17.5. The zero-order valence-electron chi connectivity index (χ0n) is 15.2. The average Bonchev–Trinajstić information content (AvgIpc) is 2.63. The first-order chi connectivity index (χ1) is 12.8. The molecular formula is C18H21ClN2O4S2. The topological polar surface area (TPSA) is 84.5 Å². The van der Waals surface area contributed by atoms with Crippen molar-refractivity contribution in [3.05, 3.63) is 47.5 Å². The van der Waals surface area contributed by atoms with Gasteiger partial charge in [-0.1, -0.05) is 23.7 Å². The lowest BCUT2D eigenvalue weighted by Gasteiger charge is -2.16. The first-order valence-corrected chi connectivity index (χ1v) is 11.3. The van der Waals surface area contributed by atoms with Crippen LogP contribution in [-0.2, 0) is 14.8 Å². The number of carbonyl (C=O) groups excluding carboxylic acids is 1. The molecule has 27 heavy (non-hydrogen) atoms. The number of rotatable bonds is 8. The number of anilines is 1. The smallest absolute Gasteiger partial charge is 0.242 e. The Balaban J connectivity index is 2.12.